The lowest BCUT2D eigenvalue weighted by Crippen LogP contribution is -2.57. The maximum atomic E-state index is 14.4. The second kappa shape index (κ2) is 17.8. The molecule has 0 radical (unpaired) electrons. The van der Waals surface area contributed by atoms with Gasteiger partial charge < -0.3 is 25.7 Å². The van der Waals surface area contributed by atoms with Crippen molar-refractivity contribution in [1.29, 1.82) is 0 Å². The van der Waals surface area contributed by atoms with Crippen LogP contribution in [0.25, 0.3) is 25.9 Å². The predicted octanol–water partition coefficient (Wildman–Crippen LogP) is 8.01. The molecule has 6 aromatic rings. The number of aromatic nitrogens is 4. The minimum Gasteiger partial charge on any atom is -0.481 e. The van der Waals surface area contributed by atoms with Gasteiger partial charge in [0.15, 0.2) is 5.82 Å². The SMILES string of the molecule is Cc1ncsc1-c1ccc([C@H](C)NC(=O)[C@@H]2C[C@@H](O)CN2C(=O)[C@@H](NC(=O)c2ccc(-c3ccc(C4=N[C@@H](C(C)C(=O)O)c5nnc(C)n5-c5sc(C)c(C)c54)cc3)s2)C(C)(C)C)cc1. The number of aliphatic carboxylic acids is 1. The molecule has 0 saturated carbocycles. The summed E-state index contributed by atoms with van der Waals surface area (Å²) in [6.45, 7) is 17.0. The highest BCUT2D eigenvalue weighted by molar-refractivity contribution is 7.17. The number of aliphatic hydroxyl groups is 1. The maximum absolute atomic E-state index is 14.4. The number of carbonyl (C=O) groups excluding carboxylic acids is 3. The summed E-state index contributed by atoms with van der Waals surface area (Å²) < 4.78 is 1.93. The molecule has 8 rings (SSSR count). The number of rotatable bonds is 11. The number of benzene rings is 2. The molecule has 1 saturated heterocycles. The summed E-state index contributed by atoms with van der Waals surface area (Å²) >= 11 is 4.46. The average Bonchev–Trinajstić information content (AvgIpc) is 4.12. The number of likely N-dealkylation sites (tertiary alicyclic amines) is 1. The van der Waals surface area contributed by atoms with Crippen LogP contribution < -0.4 is 10.6 Å². The van der Waals surface area contributed by atoms with Crippen molar-refractivity contribution < 1.29 is 29.4 Å². The Kier molecular flexibility index (Phi) is 12.5. The van der Waals surface area contributed by atoms with E-state index in [0.29, 0.717) is 22.2 Å². The van der Waals surface area contributed by atoms with E-state index in [2.05, 4.69) is 32.7 Å². The fraction of sp³-hybridized carbons (Fsp3) is 0.375. The number of nitrogens with zero attached hydrogens (tertiary/aromatic N) is 6. The molecule has 65 heavy (non-hydrogen) atoms. The lowest BCUT2D eigenvalue weighted by molar-refractivity contribution is -0.142. The van der Waals surface area contributed by atoms with E-state index in [1.807, 2.05) is 113 Å². The molecule has 6 atom stereocenters. The third kappa shape index (κ3) is 8.81. The molecule has 4 N–H and O–H groups in total. The van der Waals surface area contributed by atoms with Gasteiger partial charge in [-0.3, -0.25) is 28.7 Å². The van der Waals surface area contributed by atoms with E-state index in [0.717, 1.165) is 58.7 Å². The Morgan fingerprint density at radius 3 is 2.18 bits per heavy atom. The van der Waals surface area contributed by atoms with Gasteiger partial charge in [-0.25, -0.2) is 4.98 Å². The Hall–Kier alpha value is -5.88. The Bertz CT molecular complexity index is 2830. The van der Waals surface area contributed by atoms with Gasteiger partial charge in [0.1, 0.15) is 29.0 Å². The maximum Gasteiger partial charge on any atom is 0.308 e. The zero-order valence-corrected chi connectivity index (χ0v) is 40.1. The van der Waals surface area contributed by atoms with Gasteiger partial charge in [-0.2, -0.15) is 0 Å². The lowest BCUT2D eigenvalue weighted by atomic mass is 9.85. The van der Waals surface area contributed by atoms with Crippen LogP contribution in [0.5, 0.6) is 0 Å². The highest BCUT2D eigenvalue weighted by Gasteiger charge is 2.45. The second-order valence-electron chi connectivity index (χ2n) is 18.0. The number of aliphatic hydroxyl groups excluding tert-OH is 1. The minimum atomic E-state index is -1.00. The van der Waals surface area contributed by atoms with Gasteiger partial charge >= 0.3 is 5.97 Å². The second-order valence-corrected chi connectivity index (χ2v) is 21.1. The monoisotopic (exact) mass is 932 g/mol. The molecule has 14 nitrogen and oxygen atoms in total. The molecule has 6 heterocycles. The number of aliphatic imine (C=N–C) groups is 1. The molecule has 2 aliphatic heterocycles. The normalized spacial score (nSPS) is 18.5. The summed E-state index contributed by atoms with van der Waals surface area (Å²) in [6.07, 6.45) is -0.818. The molecule has 338 valence electrons. The van der Waals surface area contributed by atoms with Crippen LogP contribution in [-0.2, 0) is 14.4 Å². The Labute approximate surface area is 389 Å². The van der Waals surface area contributed by atoms with E-state index in [1.54, 1.807) is 35.7 Å². The number of hydrogen-bond donors (Lipinski definition) is 4. The van der Waals surface area contributed by atoms with Gasteiger partial charge in [0.2, 0.25) is 11.8 Å². The Morgan fingerprint density at radius 1 is 0.862 bits per heavy atom. The lowest BCUT2D eigenvalue weighted by Gasteiger charge is -2.35. The summed E-state index contributed by atoms with van der Waals surface area (Å²) in [5.74, 6) is -1.95. The number of nitrogens with one attached hydrogen (secondary N) is 2. The predicted molar refractivity (Wildman–Crippen MR) is 254 cm³/mol. The Morgan fingerprint density at radius 2 is 1.54 bits per heavy atom. The number of hydrogen-bond acceptors (Lipinski definition) is 12. The molecule has 2 aliphatic rings. The summed E-state index contributed by atoms with van der Waals surface area (Å²) in [6, 6.07) is 16.3. The number of carbonyl (C=O) groups is 4. The highest BCUT2D eigenvalue weighted by atomic mass is 32.1. The Balaban J connectivity index is 0.983. The van der Waals surface area contributed by atoms with Crippen molar-refractivity contribution in [2.24, 2.45) is 16.3 Å². The molecular formula is C48H52N8O6S3. The van der Waals surface area contributed by atoms with Crippen LogP contribution in [0.2, 0.25) is 0 Å². The summed E-state index contributed by atoms with van der Waals surface area (Å²) in [5.41, 5.74) is 8.27. The van der Waals surface area contributed by atoms with E-state index in [9.17, 15) is 29.4 Å². The van der Waals surface area contributed by atoms with Gasteiger partial charge in [-0.1, -0.05) is 69.3 Å². The van der Waals surface area contributed by atoms with Crippen LogP contribution in [0.15, 0.2) is 71.2 Å². The molecule has 3 amide bonds. The third-order valence-electron chi connectivity index (χ3n) is 12.4. The van der Waals surface area contributed by atoms with Gasteiger partial charge in [0.25, 0.3) is 5.91 Å². The number of thiophene rings is 2. The number of thiazole rings is 1. The summed E-state index contributed by atoms with van der Waals surface area (Å²) in [7, 11) is 0. The quantitative estimate of drug-likeness (QED) is 0.0997. The number of β-amino-alcohol motifs (C(OH)–C–C–N with tert-alkyl or cyclic N) is 1. The van der Waals surface area contributed by atoms with Crippen LogP contribution in [0, 0.1) is 39.0 Å². The molecule has 0 aliphatic carbocycles. The van der Waals surface area contributed by atoms with Gasteiger partial charge in [-0.05, 0) is 81.3 Å². The van der Waals surface area contributed by atoms with Crippen molar-refractivity contribution in [3.63, 3.8) is 0 Å². The molecule has 2 aromatic carbocycles. The first-order valence-electron chi connectivity index (χ1n) is 21.5. The van der Waals surface area contributed by atoms with Crippen molar-refractivity contribution in [1.82, 2.24) is 35.3 Å². The largest absolute Gasteiger partial charge is 0.481 e. The minimum absolute atomic E-state index is 0.0325. The molecule has 1 fully saturated rings. The van der Waals surface area contributed by atoms with Crippen LogP contribution >= 0.6 is 34.0 Å². The highest BCUT2D eigenvalue weighted by Crippen LogP contribution is 2.41. The van der Waals surface area contributed by atoms with Gasteiger partial charge in [0, 0.05) is 33.8 Å². The molecule has 4 aromatic heterocycles. The topological polar surface area (TPSA) is 192 Å². The smallest absolute Gasteiger partial charge is 0.308 e. The first-order valence-corrected chi connectivity index (χ1v) is 24.0. The zero-order chi connectivity index (χ0) is 46.6. The van der Waals surface area contributed by atoms with E-state index in [4.69, 9.17) is 4.99 Å². The van der Waals surface area contributed by atoms with Crippen LogP contribution in [-0.4, -0.2) is 89.0 Å². The third-order valence-corrected chi connectivity index (χ3v) is 15.7. The molecule has 0 bridgehead atoms. The number of aryl methyl sites for hydroxylation is 3. The van der Waals surface area contributed by atoms with Crippen LogP contribution in [0.3, 0.4) is 0 Å². The van der Waals surface area contributed by atoms with Crippen molar-refractivity contribution >= 4 is 63.4 Å². The van der Waals surface area contributed by atoms with Crippen molar-refractivity contribution in [2.45, 2.75) is 99.0 Å². The fourth-order valence-corrected chi connectivity index (χ4v) is 11.4. The number of carboxylic acids is 1. The number of carboxylic acid groups (broad SMARTS) is 1. The van der Waals surface area contributed by atoms with E-state index in [-0.39, 0.29) is 24.9 Å². The molecule has 17 heteroatoms. The fourth-order valence-electron chi connectivity index (χ4n) is 8.44. The van der Waals surface area contributed by atoms with E-state index in [1.165, 1.54) is 16.2 Å². The van der Waals surface area contributed by atoms with Crippen LogP contribution in [0.4, 0.5) is 0 Å². The molecule has 1 unspecified atom stereocenters. The molecular weight excluding hydrogens is 881 g/mol. The number of amides is 3. The summed E-state index contributed by atoms with van der Waals surface area (Å²) in [5, 5.41) is 36.5. The first-order chi connectivity index (χ1) is 30.8. The standard InChI is InChI=1S/C48H52N8O6S3/c1-23-27(5)64-46-37(23)39(51-38(24(2)47(61)62)42-54-53-28(6)56(42)46)31-14-12-30(13-15-31)35-18-19-36(65-35)44(59)52-41(48(7,8)9)45(60)55-21-33(57)20-34(55)43(58)50-25(3)29-10-16-32(17-11-29)40-26(4)49-22-63-40/h10-19,22,24-25,33-34,38,41,57H,20-21H2,1-9H3,(H,50,58)(H,52,59)(H,61,62)/t24?,25-,33+,34-,38-,41+/m0/s1. The van der Waals surface area contributed by atoms with Crippen molar-refractivity contribution in [3.05, 3.63) is 116 Å². The van der Waals surface area contributed by atoms with Crippen LogP contribution in [0.1, 0.15) is 107 Å². The summed E-state index contributed by atoms with van der Waals surface area (Å²) in [4.78, 5) is 68.8. The van der Waals surface area contributed by atoms with Crippen molar-refractivity contribution in [3.8, 4) is 25.9 Å². The van der Waals surface area contributed by atoms with Gasteiger partial charge in [-0.15, -0.1) is 44.2 Å². The number of fused-ring (bicyclic) bond motifs is 3. The van der Waals surface area contributed by atoms with Crippen molar-refractivity contribution in [2.75, 3.05) is 6.54 Å². The van der Waals surface area contributed by atoms with Gasteiger partial charge in [0.05, 0.1) is 44.7 Å². The average molecular weight is 933 g/mol. The van der Waals surface area contributed by atoms with E-state index < -0.39 is 53.3 Å². The first kappa shape index (κ1) is 45.7. The zero-order valence-electron chi connectivity index (χ0n) is 37.7. The van der Waals surface area contributed by atoms with E-state index >= 15 is 0 Å². The molecule has 0 spiro atoms.